The zero-order valence-electron chi connectivity index (χ0n) is 13.8. The van der Waals surface area contributed by atoms with Crippen molar-refractivity contribution in [3.63, 3.8) is 0 Å². The van der Waals surface area contributed by atoms with Crippen molar-refractivity contribution in [2.75, 3.05) is 0 Å². The Morgan fingerprint density at radius 1 is 0.538 bits per heavy atom. The second kappa shape index (κ2) is 5.43. The maximum Gasteiger partial charge on any atom is 0.125 e. The van der Waals surface area contributed by atoms with E-state index in [0.717, 1.165) is 33.2 Å². The Labute approximate surface area is 149 Å². The van der Waals surface area contributed by atoms with Gasteiger partial charge in [-0.25, -0.2) is 0 Å². The molecular formula is C22H16N2O2. The van der Waals surface area contributed by atoms with Crippen LogP contribution in [-0.2, 0) is 0 Å². The maximum atomic E-state index is 10.6. The van der Waals surface area contributed by atoms with Gasteiger partial charge in [0.05, 0.1) is 11.4 Å². The van der Waals surface area contributed by atoms with Gasteiger partial charge in [0.15, 0.2) is 0 Å². The van der Waals surface area contributed by atoms with Crippen LogP contribution in [0, 0.1) is 0 Å². The molecule has 5 aromatic rings. The Morgan fingerprint density at radius 2 is 0.962 bits per heavy atom. The van der Waals surface area contributed by atoms with Crippen molar-refractivity contribution >= 4 is 21.8 Å². The van der Waals surface area contributed by atoms with Gasteiger partial charge in [-0.2, -0.15) is 0 Å². The van der Waals surface area contributed by atoms with Crippen LogP contribution < -0.4 is 0 Å². The smallest absolute Gasteiger partial charge is 0.125 e. The van der Waals surface area contributed by atoms with Crippen LogP contribution in [-0.4, -0.2) is 20.2 Å². The monoisotopic (exact) mass is 340 g/mol. The molecule has 5 rings (SSSR count). The molecule has 2 aromatic heterocycles. The number of phenols is 2. The fourth-order valence-corrected chi connectivity index (χ4v) is 3.45. The van der Waals surface area contributed by atoms with Crippen molar-refractivity contribution in [2.24, 2.45) is 0 Å². The van der Waals surface area contributed by atoms with Crippen molar-refractivity contribution in [1.29, 1.82) is 0 Å². The highest BCUT2D eigenvalue weighted by Crippen LogP contribution is 2.40. The van der Waals surface area contributed by atoms with Crippen LogP contribution in [0.25, 0.3) is 44.3 Å². The van der Waals surface area contributed by atoms with Gasteiger partial charge in [0, 0.05) is 32.9 Å². The van der Waals surface area contributed by atoms with Crippen molar-refractivity contribution in [3.05, 3.63) is 72.8 Å². The Morgan fingerprint density at radius 3 is 1.38 bits per heavy atom. The van der Waals surface area contributed by atoms with Gasteiger partial charge >= 0.3 is 0 Å². The van der Waals surface area contributed by atoms with Gasteiger partial charge in [-0.15, -0.1) is 0 Å². The summed E-state index contributed by atoms with van der Waals surface area (Å²) in [6.45, 7) is 0. The van der Waals surface area contributed by atoms with Crippen LogP contribution in [0.1, 0.15) is 0 Å². The first kappa shape index (κ1) is 14.7. The van der Waals surface area contributed by atoms with E-state index in [1.54, 1.807) is 12.1 Å². The highest BCUT2D eigenvalue weighted by molar-refractivity contribution is 5.90. The molecule has 0 fully saturated rings. The second-order valence-corrected chi connectivity index (χ2v) is 6.43. The third-order valence-corrected chi connectivity index (χ3v) is 4.75. The molecule has 4 nitrogen and oxygen atoms in total. The molecule has 26 heavy (non-hydrogen) atoms. The standard InChI is InChI=1S/C22H16N2O2/c25-21-12-16(20-10-14-6-2-4-8-18(14)24-20)22(26)11-15(21)19-9-13-5-1-3-7-17(13)23-19/h1-12,23-26H. The predicted octanol–water partition coefficient (Wildman–Crippen LogP) is 5.39. The molecule has 0 spiro atoms. The molecule has 0 saturated carbocycles. The van der Waals surface area contributed by atoms with E-state index in [-0.39, 0.29) is 11.5 Å². The lowest BCUT2D eigenvalue weighted by atomic mass is 10.0. The molecule has 0 saturated heterocycles. The van der Waals surface area contributed by atoms with Crippen LogP contribution in [0.3, 0.4) is 0 Å². The predicted molar refractivity (Wildman–Crippen MR) is 104 cm³/mol. The molecule has 0 atom stereocenters. The molecule has 0 aliphatic carbocycles. The summed E-state index contributed by atoms with van der Waals surface area (Å²) in [5.41, 5.74) is 4.64. The van der Waals surface area contributed by atoms with Gasteiger partial charge in [0.25, 0.3) is 0 Å². The van der Waals surface area contributed by atoms with Crippen LogP contribution in [0.2, 0.25) is 0 Å². The number of H-pyrrole nitrogens is 2. The number of phenolic OH excluding ortho intramolecular Hbond substituents is 2. The fraction of sp³-hybridized carbons (Fsp3) is 0. The minimum Gasteiger partial charge on any atom is -0.507 e. The fourth-order valence-electron chi connectivity index (χ4n) is 3.45. The summed E-state index contributed by atoms with van der Waals surface area (Å²) in [5, 5.41) is 23.3. The summed E-state index contributed by atoms with van der Waals surface area (Å²) in [6, 6.07) is 22.9. The molecule has 2 heterocycles. The summed E-state index contributed by atoms with van der Waals surface area (Å²) in [7, 11) is 0. The van der Waals surface area contributed by atoms with Crippen molar-refractivity contribution in [1.82, 2.24) is 9.97 Å². The number of benzene rings is 3. The van der Waals surface area contributed by atoms with Crippen LogP contribution in [0.15, 0.2) is 72.8 Å². The molecular weight excluding hydrogens is 324 g/mol. The Balaban J connectivity index is 1.64. The van der Waals surface area contributed by atoms with E-state index in [1.165, 1.54) is 0 Å². The molecule has 3 aromatic carbocycles. The minimum absolute atomic E-state index is 0.114. The van der Waals surface area contributed by atoms with Crippen molar-refractivity contribution in [2.45, 2.75) is 0 Å². The first-order chi connectivity index (χ1) is 12.7. The minimum atomic E-state index is 0.114. The Hall–Kier alpha value is -3.66. The average Bonchev–Trinajstić information content (AvgIpc) is 3.26. The number of aromatic nitrogens is 2. The zero-order chi connectivity index (χ0) is 17.7. The third-order valence-electron chi connectivity index (χ3n) is 4.75. The largest absolute Gasteiger partial charge is 0.507 e. The molecule has 0 radical (unpaired) electrons. The second-order valence-electron chi connectivity index (χ2n) is 6.43. The van der Waals surface area contributed by atoms with Gasteiger partial charge in [-0.3, -0.25) is 0 Å². The van der Waals surface area contributed by atoms with E-state index in [1.807, 2.05) is 60.7 Å². The summed E-state index contributed by atoms with van der Waals surface area (Å²) in [4.78, 5) is 6.56. The number of aromatic amines is 2. The summed E-state index contributed by atoms with van der Waals surface area (Å²) >= 11 is 0. The Kier molecular flexibility index (Phi) is 3.06. The van der Waals surface area contributed by atoms with E-state index in [2.05, 4.69) is 9.97 Å². The number of aromatic hydroxyl groups is 2. The maximum absolute atomic E-state index is 10.6. The number of hydrogen-bond acceptors (Lipinski definition) is 2. The van der Waals surface area contributed by atoms with E-state index < -0.39 is 0 Å². The first-order valence-electron chi connectivity index (χ1n) is 8.41. The highest BCUT2D eigenvalue weighted by atomic mass is 16.3. The molecule has 0 aliphatic rings. The van der Waals surface area contributed by atoms with Crippen molar-refractivity contribution < 1.29 is 10.2 Å². The van der Waals surface area contributed by atoms with Gasteiger partial charge in [-0.05, 0) is 36.4 Å². The Bertz CT molecular complexity index is 1100. The molecule has 0 amide bonds. The van der Waals surface area contributed by atoms with Crippen molar-refractivity contribution in [3.8, 4) is 34.0 Å². The van der Waals surface area contributed by atoms with Gasteiger partial charge in [-0.1, -0.05) is 36.4 Å². The lowest BCUT2D eigenvalue weighted by Gasteiger charge is -2.08. The SMILES string of the molecule is Oc1cc(-c2cc3ccccc3[nH]2)c(O)cc1-c1cc2ccccc2[nH]1. The number of para-hydroxylation sites is 2. The summed E-state index contributed by atoms with van der Waals surface area (Å²) in [6.07, 6.45) is 0. The molecule has 0 unspecified atom stereocenters. The molecule has 0 bridgehead atoms. The topological polar surface area (TPSA) is 72.0 Å². The number of fused-ring (bicyclic) bond motifs is 2. The molecule has 4 heteroatoms. The first-order valence-corrected chi connectivity index (χ1v) is 8.41. The lowest BCUT2D eigenvalue weighted by Crippen LogP contribution is -1.84. The quantitative estimate of drug-likeness (QED) is 0.325. The lowest BCUT2D eigenvalue weighted by molar-refractivity contribution is 0.463. The van der Waals surface area contributed by atoms with E-state index >= 15 is 0 Å². The number of hydrogen-bond donors (Lipinski definition) is 4. The van der Waals surface area contributed by atoms with Gasteiger partial charge in [0.2, 0.25) is 0 Å². The normalized spacial score (nSPS) is 11.4. The number of nitrogens with one attached hydrogen (secondary N) is 2. The van der Waals surface area contributed by atoms with E-state index in [4.69, 9.17) is 0 Å². The number of rotatable bonds is 2. The van der Waals surface area contributed by atoms with Crippen LogP contribution >= 0.6 is 0 Å². The average molecular weight is 340 g/mol. The van der Waals surface area contributed by atoms with Gasteiger partial charge < -0.3 is 20.2 Å². The zero-order valence-corrected chi connectivity index (χ0v) is 13.8. The van der Waals surface area contributed by atoms with E-state index in [9.17, 15) is 10.2 Å². The summed E-state index contributed by atoms with van der Waals surface area (Å²) < 4.78 is 0. The molecule has 4 N–H and O–H groups in total. The molecule has 0 aliphatic heterocycles. The van der Waals surface area contributed by atoms with Crippen LogP contribution in [0.4, 0.5) is 0 Å². The van der Waals surface area contributed by atoms with Gasteiger partial charge in [0.1, 0.15) is 11.5 Å². The molecule has 126 valence electrons. The van der Waals surface area contributed by atoms with E-state index in [0.29, 0.717) is 11.1 Å². The third kappa shape index (κ3) is 2.24. The highest BCUT2D eigenvalue weighted by Gasteiger charge is 2.15. The van der Waals surface area contributed by atoms with Crippen LogP contribution in [0.5, 0.6) is 11.5 Å². The summed E-state index contributed by atoms with van der Waals surface area (Å²) in [5.74, 6) is 0.228.